The maximum atomic E-state index is 12.0. The van der Waals surface area contributed by atoms with Gasteiger partial charge in [0, 0.05) is 29.9 Å². The van der Waals surface area contributed by atoms with E-state index < -0.39 is 0 Å². The molecule has 0 aliphatic carbocycles. The van der Waals surface area contributed by atoms with Crippen LogP contribution >= 0.6 is 0 Å². The summed E-state index contributed by atoms with van der Waals surface area (Å²) in [4.78, 5) is 15.9. The van der Waals surface area contributed by atoms with Crippen molar-refractivity contribution in [3.8, 4) is 5.75 Å². The van der Waals surface area contributed by atoms with Gasteiger partial charge in [0.1, 0.15) is 5.75 Å². The van der Waals surface area contributed by atoms with Gasteiger partial charge in [-0.05, 0) is 30.7 Å². The summed E-state index contributed by atoms with van der Waals surface area (Å²) in [6.45, 7) is 5.69. The van der Waals surface area contributed by atoms with Crippen LogP contribution in [0.4, 0.5) is 0 Å². The fraction of sp³-hybridized carbons (Fsp3) is 0.125. The summed E-state index contributed by atoms with van der Waals surface area (Å²) in [6.07, 6.45) is 3.31. The summed E-state index contributed by atoms with van der Waals surface area (Å²) in [5.74, 6) is 0.0595. The van der Waals surface area contributed by atoms with Gasteiger partial charge in [-0.25, -0.2) is 0 Å². The van der Waals surface area contributed by atoms with Crippen molar-refractivity contribution in [2.75, 3.05) is 0 Å². The molecule has 0 radical (unpaired) electrons. The van der Waals surface area contributed by atoms with Gasteiger partial charge in [-0.2, -0.15) is 0 Å². The SMILES string of the molecule is C=C(C)c1ccc(CC(=O)c2cccnc2)c(O)c1. The van der Waals surface area contributed by atoms with Crippen LogP contribution in [-0.4, -0.2) is 15.9 Å². The number of benzene rings is 1. The number of hydrogen-bond donors (Lipinski definition) is 1. The van der Waals surface area contributed by atoms with E-state index in [-0.39, 0.29) is 18.0 Å². The lowest BCUT2D eigenvalue weighted by molar-refractivity contribution is 0.0991. The average molecular weight is 253 g/mol. The van der Waals surface area contributed by atoms with Crippen LogP contribution in [0.3, 0.4) is 0 Å². The Bertz CT molecular complexity index is 618. The van der Waals surface area contributed by atoms with Gasteiger partial charge in [0.2, 0.25) is 0 Å². The summed E-state index contributed by atoms with van der Waals surface area (Å²) < 4.78 is 0. The highest BCUT2D eigenvalue weighted by atomic mass is 16.3. The van der Waals surface area contributed by atoms with E-state index in [4.69, 9.17) is 0 Å². The van der Waals surface area contributed by atoms with Crippen molar-refractivity contribution in [3.05, 3.63) is 66.0 Å². The molecule has 96 valence electrons. The van der Waals surface area contributed by atoms with Crippen LogP contribution in [0.25, 0.3) is 5.57 Å². The number of aromatic hydroxyl groups is 1. The lowest BCUT2D eigenvalue weighted by Crippen LogP contribution is -2.04. The van der Waals surface area contributed by atoms with Crippen molar-refractivity contribution in [2.24, 2.45) is 0 Å². The Morgan fingerprint density at radius 3 is 2.68 bits per heavy atom. The number of nitrogens with zero attached hydrogens (tertiary/aromatic N) is 1. The average Bonchev–Trinajstić information content (AvgIpc) is 2.41. The first-order valence-corrected chi connectivity index (χ1v) is 5.99. The number of aromatic nitrogens is 1. The maximum Gasteiger partial charge on any atom is 0.168 e. The number of phenolic OH excluding ortho intramolecular Hbond substituents is 1. The molecular formula is C16H15NO2. The molecule has 0 amide bonds. The Labute approximate surface area is 112 Å². The molecule has 0 aliphatic rings. The van der Waals surface area contributed by atoms with Crippen LogP contribution in [0.15, 0.2) is 49.3 Å². The Kier molecular flexibility index (Phi) is 3.76. The van der Waals surface area contributed by atoms with Crippen molar-refractivity contribution >= 4 is 11.4 Å². The lowest BCUT2D eigenvalue weighted by Gasteiger charge is -2.07. The molecular weight excluding hydrogens is 238 g/mol. The molecule has 1 N–H and O–H groups in total. The van der Waals surface area contributed by atoms with E-state index in [1.54, 1.807) is 30.5 Å². The second kappa shape index (κ2) is 5.48. The fourth-order valence-electron chi connectivity index (χ4n) is 1.78. The number of carbonyl (C=O) groups is 1. The number of ketones is 1. The van der Waals surface area contributed by atoms with Crippen LogP contribution in [0.5, 0.6) is 5.75 Å². The molecule has 3 nitrogen and oxygen atoms in total. The molecule has 0 aliphatic heterocycles. The minimum Gasteiger partial charge on any atom is -0.508 e. The molecule has 0 spiro atoms. The fourth-order valence-corrected chi connectivity index (χ4v) is 1.78. The van der Waals surface area contributed by atoms with E-state index >= 15 is 0 Å². The van der Waals surface area contributed by atoms with Gasteiger partial charge in [-0.3, -0.25) is 9.78 Å². The van der Waals surface area contributed by atoms with E-state index in [0.29, 0.717) is 11.1 Å². The van der Waals surface area contributed by atoms with E-state index in [1.165, 1.54) is 6.20 Å². The highest BCUT2D eigenvalue weighted by Gasteiger charge is 2.10. The quantitative estimate of drug-likeness (QED) is 0.851. The van der Waals surface area contributed by atoms with Gasteiger partial charge in [-0.15, -0.1) is 0 Å². The number of Topliss-reactive ketones (excluding diaryl/α,β-unsaturated/α-hetero) is 1. The third-order valence-electron chi connectivity index (χ3n) is 2.91. The third-order valence-corrected chi connectivity index (χ3v) is 2.91. The van der Waals surface area contributed by atoms with Gasteiger partial charge in [0.25, 0.3) is 0 Å². The number of phenols is 1. The first-order valence-electron chi connectivity index (χ1n) is 5.99. The zero-order chi connectivity index (χ0) is 13.8. The predicted molar refractivity (Wildman–Crippen MR) is 75.1 cm³/mol. The Morgan fingerprint density at radius 2 is 2.11 bits per heavy atom. The second-order valence-electron chi connectivity index (χ2n) is 4.47. The Balaban J connectivity index is 2.20. The van der Waals surface area contributed by atoms with E-state index in [9.17, 15) is 9.90 Å². The van der Waals surface area contributed by atoms with E-state index in [0.717, 1.165) is 11.1 Å². The molecule has 1 aromatic heterocycles. The summed E-state index contributed by atoms with van der Waals surface area (Å²) in [7, 11) is 0. The second-order valence-corrected chi connectivity index (χ2v) is 4.47. The smallest absolute Gasteiger partial charge is 0.168 e. The van der Waals surface area contributed by atoms with Gasteiger partial charge < -0.3 is 5.11 Å². The molecule has 3 heteroatoms. The number of hydrogen-bond acceptors (Lipinski definition) is 3. The predicted octanol–water partition coefficient (Wildman–Crippen LogP) is 3.25. The highest BCUT2D eigenvalue weighted by molar-refractivity contribution is 5.97. The molecule has 2 aromatic rings. The maximum absolute atomic E-state index is 12.0. The molecule has 0 bridgehead atoms. The zero-order valence-electron chi connectivity index (χ0n) is 10.8. The third kappa shape index (κ3) is 3.07. The zero-order valence-corrected chi connectivity index (χ0v) is 10.8. The topological polar surface area (TPSA) is 50.2 Å². The minimum atomic E-state index is -0.0634. The monoisotopic (exact) mass is 253 g/mol. The van der Waals surface area contributed by atoms with Gasteiger partial charge >= 0.3 is 0 Å². The normalized spacial score (nSPS) is 10.2. The number of carbonyl (C=O) groups excluding carboxylic acids is 1. The van der Waals surface area contributed by atoms with Crippen molar-refractivity contribution in [1.82, 2.24) is 4.98 Å². The van der Waals surface area contributed by atoms with Crippen LogP contribution in [-0.2, 0) is 6.42 Å². The first kappa shape index (κ1) is 13.0. The molecule has 0 saturated carbocycles. The Hall–Kier alpha value is -2.42. The summed E-state index contributed by atoms with van der Waals surface area (Å²) in [5.41, 5.74) is 2.90. The molecule has 1 heterocycles. The van der Waals surface area contributed by atoms with Gasteiger partial charge in [0.15, 0.2) is 5.78 Å². The van der Waals surface area contributed by atoms with Crippen LogP contribution in [0, 0.1) is 0 Å². The molecule has 0 unspecified atom stereocenters. The largest absolute Gasteiger partial charge is 0.508 e. The van der Waals surface area contributed by atoms with Crippen molar-refractivity contribution in [2.45, 2.75) is 13.3 Å². The van der Waals surface area contributed by atoms with E-state index in [2.05, 4.69) is 11.6 Å². The van der Waals surface area contributed by atoms with Gasteiger partial charge in [0.05, 0.1) is 0 Å². The molecule has 19 heavy (non-hydrogen) atoms. The summed E-state index contributed by atoms with van der Waals surface area (Å²) >= 11 is 0. The molecule has 0 atom stereocenters. The lowest BCUT2D eigenvalue weighted by atomic mass is 10.0. The van der Waals surface area contributed by atoms with Crippen LogP contribution in [0.1, 0.15) is 28.4 Å². The van der Waals surface area contributed by atoms with Crippen LogP contribution in [0.2, 0.25) is 0 Å². The van der Waals surface area contributed by atoms with Crippen molar-refractivity contribution in [1.29, 1.82) is 0 Å². The van der Waals surface area contributed by atoms with Crippen molar-refractivity contribution < 1.29 is 9.90 Å². The number of pyridine rings is 1. The van der Waals surface area contributed by atoms with Gasteiger partial charge in [-0.1, -0.05) is 24.3 Å². The number of allylic oxidation sites excluding steroid dienone is 1. The molecule has 2 rings (SSSR count). The van der Waals surface area contributed by atoms with Crippen molar-refractivity contribution in [3.63, 3.8) is 0 Å². The van der Waals surface area contributed by atoms with E-state index in [1.807, 2.05) is 13.0 Å². The number of rotatable bonds is 4. The highest BCUT2D eigenvalue weighted by Crippen LogP contribution is 2.23. The van der Waals surface area contributed by atoms with Crippen LogP contribution < -0.4 is 0 Å². The first-order chi connectivity index (χ1) is 9.08. The molecule has 1 aromatic carbocycles. The molecule has 0 fully saturated rings. The molecule has 0 saturated heterocycles. The summed E-state index contributed by atoms with van der Waals surface area (Å²) in [5, 5.41) is 9.93. The summed E-state index contributed by atoms with van der Waals surface area (Å²) in [6, 6.07) is 8.68. The Morgan fingerprint density at radius 1 is 1.32 bits per heavy atom. The minimum absolute atomic E-state index is 0.0634. The standard InChI is InChI=1S/C16H15NO2/c1-11(2)12-5-6-13(15(18)8-12)9-16(19)14-4-3-7-17-10-14/h3-8,10,18H,1,9H2,2H3.